The Balaban J connectivity index is 1.69. The zero-order valence-electron chi connectivity index (χ0n) is 14.9. The van der Waals surface area contributed by atoms with E-state index in [0.717, 1.165) is 0 Å². The summed E-state index contributed by atoms with van der Waals surface area (Å²) in [6.45, 7) is -0.517. The molecule has 152 valence electrons. The van der Waals surface area contributed by atoms with Gasteiger partial charge in [0.05, 0.1) is 17.6 Å². The summed E-state index contributed by atoms with van der Waals surface area (Å²) in [5, 5.41) is 48.8. The van der Waals surface area contributed by atoms with Gasteiger partial charge in [0.25, 0.3) is 0 Å². The van der Waals surface area contributed by atoms with Gasteiger partial charge >= 0.3 is 0 Å². The van der Waals surface area contributed by atoms with E-state index in [1.54, 1.807) is 12.1 Å². The first-order valence-corrected chi connectivity index (χ1v) is 8.76. The molecule has 1 aromatic heterocycles. The van der Waals surface area contributed by atoms with Gasteiger partial charge in [0, 0.05) is 0 Å². The molecule has 29 heavy (non-hydrogen) atoms. The van der Waals surface area contributed by atoms with E-state index in [1.807, 2.05) is 0 Å². The van der Waals surface area contributed by atoms with E-state index in [-0.39, 0.29) is 28.0 Å². The molecule has 2 heterocycles. The van der Waals surface area contributed by atoms with Crippen LogP contribution in [0.1, 0.15) is 0 Å². The van der Waals surface area contributed by atoms with E-state index in [9.17, 15) is 25.2 Å². The van der Waals surface area contributed by atoms with Crippen LogP contribution < -0.4 is 10.2 Å². The van der Waals surface area contributed by atoms with Crippen molar-refractivity contribution in [2.45, 2.75) is 24.6 Å². The number of hydrogen-bond acceptors (Lipinski definition) is 9. The van der Waals surface area contributed by atoms with Crippen LogP contribution in [0.2, 0.25) is 0 Å². The zero-order chi connectivity index (χ0) is 20.7. The van der Waals surface area contributed by atoms with Crippen molar-refractivity contribution in [2.24, 2.45) is 0 Å². The largest absolute Gasteiger partial charge is 0.508 e. The first-order chi connectivity index (χ1) is 13.9. The number of aliphatic hydroxyl groups is 3. The third-order valence-electron chi connectivity index (χ3n) is 4.80. The van der Waals surface area contributed by atoms with Crippen molar-refractivity contribution in [3.63, 3.8) is 0 Å². The van der Waals surface area contributed by atoms with Gasteiger partial charge in [-0.1, -0.05) is 12.1 Å². The highest BCUT2D eigenvalue weighted by Crippen LogP contribution is 2.36. The van der Waals surface area contributed by atoms with Gasteiger partial charge in [0.1, 0.15) is 30.3 Å². The molecule has 1 aliphatic rings. The predicted molar refractivity (Wildman–Crippen MR) is 99.6 cm³/mol. The molecule has 1 fully saturated rings. The second kappa shape index (κ2) is 7.37. The van der Waals surface area contributed by atoms with Crippen LogP contribution >= 0.6 is 0 Å². The van der Waals surface area contributed by atoms with Crippen LogP contribution in [0.3, 0.4) is 0 Å². The smallest absolute Gasteiger partial charge is 0.229 e. The predicted octanol–water partition coefficient (Wildman–Crippen LogP) is 0.689. The van der Waals surface area contributed by atoms with Gasteiger partial charge in [-0.25, -0.2) is 0 Å². The van der Waals surface area contributed by atoms with E-state index in [2.05, 4.69) is 0 Å². The summed E-state index contributed by atoms with van der Waals surface area (Å²) in [5.74, 6) is -0.550. The normalized spacial score (nSPS) is 24.1. The number of hydrogen-bond donors (Lipinski definition) is 5. The molecule has 2 aromatic carbocycles. The number of fused-ring (bicyclic) bond motifs is 1. The van der Waals surface area contributed by atoms with Gasteiger partial charge < -0.3 is 39.4 Å². The molecular formula is C20H18O9. The van der Waals surface area contributed by atoms with Crippen molar-refractivity contribution in [3.05, 3.63) is 52.9 Å². The SMILES string of the molecule is O=c1c(-c2ccc(O)cc2)coc2c(O)c(O[C@H]3O[C@H](CO)[C@@H](O)[C@@H]3O)ccc12. The molecule has 1 saturated heterocycles. The Morgan fingerprint density at radius 1 is 1.00 bits per heavy atom. The highest BCUT2D eigenvalue weighted by Gasteiger charge is 2.44. The number of phenolic OH excluding ortho intramolecular Hbond substituents is 2. The van der Waals surface area contributed by atoms with Crippen LogP contribution in [0.15, 0.2) is 51.9 Å². The van der Waals surface area contributed by atoms with Crippen LogP contribution in [0, 0.1) is 0 Å². The minimum Gasteiger partial charge on any atom is -0.508 e. The Morgan fingerprint density at radius 2 is 1.72 bits per heavy atom. The summed E-state index contributed by atoms with van der Waals surface area (Å²) < 4.78 is 16.1. The number of rotatable bonds is 4. The fourth-order valence-corrected chi connectivity index (χ4v) is 3.19. The molecule has 9 nitrogen and oxygen atoms in total. The van der Waals surface area contributed by atoms with E-state index in [1.165, 1.54) is 30.5 Å². The standard InChI is InChI=1S/C20H18O9/c21-7-14-16(24)18(26)20(29-14)28-13-6-5-11-15(23)12(8-27-19(11)17(13)25)9-1-3-10(22)4-2-9/h1-6,8,14,16,18,20-22,24-26H,7H2/t14-,16-,18+,20+/m1/s1. The molecule has 4 atom stereocenters. The first kappa shape index (κ1) is 19.2. The molecule has 0 aliphatic carbocycles. The van der Waals surface area contributed by atoms with Gasteiger partial charge in [-0.2, -0.15) is 0 Å². The van der Waals surface area contributed by atoms with E-state index in [4.69, 9.17) is 19.0 Å². The second-order valence-electron chi connectivity index (χ2n) is 6.64. The van der Waals surface area contributed by atoms with Crippen molar-refractivity contribution >= 4 is 11.0 Å². The van der Waals surface area contributed by atoms with Gasteiger partial charge in [-0.15, -0.1) is 0 Å². The summed E-state index contributed by atoms with van der Waals surface area (Å²) in [6, 6.07) is 8.70. The van der Waals surface area contributed by atoms with Crippen molar-refractivity contribution in [1.29, 1.82) is 0 Å². The molecule has 0 unspecified atom stereocenters. The summed E-state index contributed by atoms with van der Waals surface area (Å²) in [5.41, 5.74) is 0.257. The minimum absolute atomic E-state index is 0.0586. The fourth-order valence-electron chi connectivity index (χ4n) is 3.19. The average molecular weight is 402 g/mol. The monoisotopic (exact) mass is 402 g/mol. The molecule has 0 saturated carbocycles. The maximum Gasteiger partial charge on any atom is 0.229 e. The Bertz CT molecular complexity index is 1090. The maximum atomic E-state index is 12.8. The molecular weight excluding hydrogens is 384 g/mol. The topological polar surface area (TPSA) is 150 Å². The lowest BCUT2D eigenvalue weighted by Gasteiger charge is -2.18. The van der Waals surface area contributed by atoms with E-state index < -0.39 is 42.4 Å². The molecule has 3 aromatic rings. The molecule has 0 bridgehead atoms. The number of aliphatic hydroxyl groups excluding tert-OH is 3. The van der Waals surface area contributed by atoms with Crippen LogP contribution in [-0.4, -0.2) is 56.7 Å². The molecule has 0 amide bonds. The van der Waals surface area contributed by atoms with Crippen LogP contribution in [0.4, 0.5) is 0 Å². The van der Waals surface area contributed by atoms with E-state index >= 15 is 0 Å². The quantitative estimate of drug-likeness (QED) is 0.425. The van der Waals surface area contributed by atoms with Gasteiger partial charge in [-0.05, 0) is 29.8 Å². The van der Waals surface area contributed by atoms with Crippen molar-refractivity contribution in [1.82, 2.24) is 0 Å². The lowest BCUT2D eigenvalue weighted by molar-refractivity contribution is -0.117. The highest BCUT2D eigenvalue weighted by molar-refractivity contribution is 5.87. The molecule has 0 radical (unpaired) electrons. The summed E-state index contributed by atoms with van der Waals surface area (Å²) in [4.78, 5) is 12.8. The Labute approximate surface area is 163 Å². The second-order valence-corrected chi connectivity index (χ2v) is 6.64. The van der Waals surface area contributed by atoms with E-state index in [0.29, 0.717) is 5.56 Å². The summed E-state index contributed by atoms with van der Waals surface area (Å²) in [6.07, 6.45) is -3.95. The number of benzene rings is 2. The molecule has 1 aliphatic heterocycles. The Hall–Kier alpha value is -3.11. The lowest BCUT2D eigenvalue weighted by atomic mass is 10.1. The fraction of sp³-hybridized carbons (Fsp3) is 0.250. The third kappa shape index (κ3) is 3.30. The van der Waals surface area contributed by atoms with Crippen LogP contribution in [-0.2, 0) is 4.74 Å². The van der Waals surface area contributed by atoms with Gasteiger partial charge in [0.2, 0.25) is 17.5 Å². The Morgan fingerprint density at radius 3 is 2.38 bits per heavy atom. The van der Waals surface area contributed by atoms with Crippen molar-refractivity contribution in [3.8, 4) is 28.4 Å². The lowest BCUT2D eigenvalue weighted by Crippen LogP contribution is -2.35. The van der Waals surface area contributed by atoms with Crippen molar-refractivity contribution in [2.75, 3.05) is 6.61 Å². The van der Waals surface area contributed by atoms with Crippen LogP contribution in [0.25, 0.3) is 22.1 Å². The molecule has 0 spiro atoms. The zero-order valence-corrected chi connectivity index (χ0v) is 14.9. The number of phenols is 2. The third-order valence-corrected chi connectivity index (χ3v) is 4.80. The Kier molecular flexibility index (Phi) is 4.89. The summed E-state index contributed by atoms with van der Waals surface area (Å²) >= 11 is 0. The highest BCUT2D eigenvalue weighted by atomic mass is 16.7. The first-order valence-electron chi connectivity index (χ1n) is 8.76. The van der Waals surface area contributed by atoms with Crippen molar-refractivity contribution < 1.29 is 39.4 Å². The number of aromatic hydroxyl groups is 2. The maximum absolute atomic E-state index is 12.8. The van der Waals surface area contributed by atoms with Gasteiger partial charge in [-0.3, -0.25) is 4.79 Å². The number of ether oxygens (including phenoxy) is 2. The van der Waals surface area contributed by atoms with Gasteiger partial charge in [0.15, 0.2) is 11.3 Å². The summed E-state index contributed by atoms with van der Waals surface area (Å²) in [7, 11) is 0. The average Bonchev–Trinajstić information content (AvgIpc) is 2.99. The minimum atomic E-state index is -1.44. The molecule has 9 heteroatoms. The molecule has 5 N–H and O–H groups in total. The van der Waals surface area contributed by atoms with Crippen LogP contribution in [0.5, 0.6) is 17.2 Å². The molecule has 4 rings (SSSR count).